The first-order chi connectivity index (χ1) is 11.4. The molecule has 6 heteroatoms. The van der Waals surface area contributed by atoms with Crippen LogP contribution in [0.4, 0.5) is 0 Å². The second-order valence-electron chi connectivity index (χ2n) is 5.52. The Labute approximate surface area is 139 Å². The molecule has 0 aliphatic heterocycles. The molecule has 0 atom stereocenters. The number of nitrogens with zero attached hydrogens (tertiary/aromatic N) is 2. The van der Waals surface area contributed by atoms with Crippen LogP contribution in [0.1, 0.15) is 11.1 Å². The van der Waals surface area contributed by atoms with Crippen LogP contribution in [0.5, 0.6) is 0 Å². The van der Waals surface area contributed by atoms with E-state index in [1.807, 2.05) is 6.07 Å². The number of aryl methyl sites for hydroxylation is 1. The number of benzene rings is 2. The predicted molar refractivity (Wildman–Crippen MR) is 91.2 cm³/mol. The van der Waals surface area contributed by atoms with E-state index < -0.39 is 9.84 Å². The van der Waals surface area contributed by atoms with E-state index in [4.69, 9.17) is 5.26 Å². The van der Waals surface area contributed by atoms with Crippen molar-refractivity contribution in [1.82, 2.24) is 4.57 Å². The maximum absolute atomic E-state index is 12.5. The van der Waals surface area contributed by atoms with Crippen LogP contribution in [-0.4, -0.2) is 13.0 Å². The van der Waals surface area contributed by atoms with Crippen molar-refractivity contribution in [1.29, 1.82) is 5.26 Å². The number of sulfone groups is 1. The van der Waals surface area contributed by atoms with E-state index in [1.165, 1.54) is 34.9 Å². The van der Waals surface area contributed by atoms with Gasteiger partial charge in [-0.15, -0.1) is 0 Å². The lowest BCUT2D eigenvalue weighted by molar-refractivity contribution is 0.595. The highest BCUT2D eigenvalue weighted by molar-refractivity contribution is 7.90. The summed E-state index contributed by atoms with van der Waals surface area (Å²) in [5, 5.41) is 9.60. The van der Waals surface area contributed by atoms with E-state index in [2.05, 4.69) is 0 Å². The molecule has 0 amide bonds. The SMILES string of the molecule is Cn1c(=O)ccc2cc(CS(=O)(=O)c3ccc(C#N)cc3)ccc21. The van der Waals surface area contributed by atoms with Gasteiger partial charge in [-0.1, -0.05) is 6.07 Å². The molecular weight excluding hydrogens is 324 g/mol. The van der Waals surface area contributed by atoms with Crippen molar-refractivity contribution in [2.24, 2.45) is 7.05 Å². The largest absolute Gasteiger partial charge is 0.311 e. The summed E-state index contributed by atoms with van der Waals surface area (Å²) in [5.74, 6) is -0.141. The molecule has 0 bridgehead atoms. The molecule has 2 aromatic carbocycles. The van der Waals surface area contributed by atoms with E-state index in [9.17, 15) is 13.2 Å². The molecule has 0 saturated heterocycles. The zero-order valence-electron chi connectivity index (χ0n) is 12.9. The van der Waals surface area contributed by atoms with E-state index in [1.54, 1.807) is 31.3 Å². The van der Waals surface area contributed by atoms with Gasteiger partial charge in [0.15, 0.2) is 9.84 Å². The average molecular weight is 338 g/mol. The summed E-state index contributed by atoms with van der Waals surface area (Å²) in [4.78, 5) is 11.8. The van der Waals surface area contributed by atoms with Crippen molar-refractivity contribution in [3.63, 3.8) is 0 Å². The lowest BCUT2D eigenvalue weighted by Crippen LogP contribution is -2.15. The van der Waals surface area contributed by atoms with Gasteiger partial charge in [0.05, 0.1) is 27.8 Å². The number of pyridine rings is 1. The van der Waals surface area contributed by atoms with E-state index in [0.29, 0.717) is 11.1 Å². The molecule has 1 heterocycles. The normalized spacial score (nSPS) is 11.3. The van der Waals surface area contributed by atoms with Gasteiger partial charge in [0, 0.05) is 13.1 Å². The van der Waals surface area contributed by atoms with E-state index in [0.717, 1.165) is 10.9 Å². The van der Waals surface area contributed by atoms with Gasteiger partial charge in [0.1, 0.15) is 0 Å². The molecule has 0 saturated carbocycles. The van der Waals surface area contributed by atoms with Crippen LogP contribution in [0.3, 0.4) is 0 Å². The first kappa shape index (κ1) is 16.0. The smallest absolute Gasteiger partial charge is 0.250 e. The Morgan fingerprint density at radius 2 is 1.75 bits per heavy atom. The van der Waals surface area contributed by atoms with Gasteiger partial charge in [0.25, 0.3) is 5.56 Å². The second-order valence-corrected chi connectivity index (χ2v) is 7.51. The minimum absolute atomic E-state index is 0.111. The fraction of sp³-hybridized carbons (Fsp3) is 0.111. The van der Waals surface area contributed by atoms with Crippen molar-refractivity contribution in [2.75, 3.05) is 0 Å². The highest BCUT2D eigenvalue weighted by Crippen LogP contribution is 2.20. The van der Waals surface area contributed by atoms with Gasteiger partial charge in [0.2, 0.25) is 0 Å². The first-order valence-corrected chi connectivity index (χ1v) is 8.87. The summed E-state index contributed by atoms with van der Waals surface area (Å²) in [6, 6.07) is 16.2. The summed E-state index contributed by atoms with van der Waals surface area (Å²) in [5.41, 5.74) is 1.70. The van der Waals surface area contributed by atoms with Crippen molar-refractivity contribution in [2.45, 2.75) is 10.6 Å². The Morgan fingerprint density at radius 3 is 2.42 bits per heavy atom. The van der Waals surface area contributed by atoms with Crippen LogP contribution < -0.4 is 5.56 Å². The quantitative estimate of drug-likeness (QED) is 0.734. The Kier molecular flexibility index (Phi) is 3.96. The number of fused-ring (bicyclic) bond motifs is 1. The standard InChI is InChI=1S/C18H14N2O3S/c1-20-17-8-4-14(10-15(17)5-9-18(20)21)12-24(22,23)16-6-2-13(11-19)3-7-16/h2-10H,12H2,1H3. The lowest BCUT2D eigenvalue weighted by atomic mass is 10.1. The maximum Gasteiger partial charge on any atom is 0.250 e. The Bertz CT molecular complexity index is 1120. The third-order valence-corrected chi connectivity index (χ3v) is 5.59. The predicted octanol–water partition coefficient (Wildman–Crippen LogP) is 2.38. The zero-order valence-corrected chi connectivity index (χ0v) is 13.7. The van der Waals surface area contributed by atoms with Crippen LogP contribution >= 0.6 is 0 Å². The Balaban J connectivity index is 1.97. The fourth-order valence-electron chi connectivity index (χ4n) is 2.56. The van der Waals surface area contributed by atoms with Crippen molar-refractivity contribution in [3.8, 4) is 6.07 Å². The molecule has 24 heavy (non-hydrogen) atoms. The van der Waals surface area contributed by atoms with Crippen LogP contribution in [0, 0.1) is 11.3 Å². The third-order valence-electron chi connectivity index (χ3n) is 3.89. The molecule has 0 fully saturated rings. The molecule has 0 radical (unpaired) electrons. The number of hydrogen-bond acceptors (Lipinski definition) is 4. The summed E-state index contributed by atoms with van der Waals surface area (Å²) < 4.78 is 26.6. The molecule has 1 aromatic heterocycles. The maximum atomic E-state index is 12.5. The Hall–Kier alpha value is -2.91. The van der Waals surface area contributed by atoms with Gasteiger partial charge < -0.3 is 4.57 Å². The summed E-state index contributed by atoms with van der Waals surface area (Å²) in [6.07, 6.45) is 0. The van der Waals surface area contributed by atoms with E-state index >= 15 is 0 Å². The monoisotopic (exact) mass is 338 g/mol. The highest BCUT2D eigenvalue weighted by Gasteiger charge is 2.16. The van der Waals surface area contributed by atoms with Gasteiger partial charge in [-0.3, -0.25) is 4.79 Å². The summed E-state index contributed by atoms with van der Waals surface area (Å²) in [6.45, 7) is 0. The number of hydrogen-bond donors (Lipinski definition) is 0. The topological polar surface area (TPSA) is 79.9 Å². The summed E-state index contributed by atoms with van der Waals surface area (Å²) in [7, 11) is -1.82. The molecule has 0 spiro atoms. The highest BCUT2D eigenvalue weighted by atomic mass is 32.2. The summed E-state index contributed by atoms with van der Waals surface area (Å²) >= 11 is 0. The molecular formula is C18H14N2O3S. The van der Waals surface area contributed by atoms with Crippen LogP contribution in [0.15, 0.2) is 64.3 Å². The fourth-order valence-corrected chi connectivity index (χ4v) is 3.90. The van der Waals surface area contributed by atoms with Crippen LogP contribution in [-0.2, 0) is 22.6 Å². The zero-order chi connectivity index (χ0) is 17.3. The van der Waals surface area contributed by atoms with Crippen molar-refractivity contribution >= 4 is 20.7 Å². The molecule has 3 aromatic rings. The Morgan fingerprint density at radius 1 is 1.04 bits per heavy atom. The molecule has 120 valence electrons. The number of rotatable bonds is 3. The molecule has 5 nitrogen and oxygen atoms in total. The van der Waals surface area contributed by atoms with Crippen LogP contribution in [0.25, 0.3) is 10.9 Å². The molecule has 0 aliphatic carbocycles. The van der Waals surface area contributed by atoms with Crippen molar-refractivity contribution in [3.05, 3.63) is 76.1 Å². The average Bonchev–Trinajstić information content (AvgIpc) is 2.58. The van der Waals surface area contributed by atoms with Crippen LogP contribution in [0.2, 0.25) is 0 Å². The van der Waals surface area contributed by atoms with Gasteiger partial charge >= 0.3 is 0 Å². The van der Waals surface area contributed by atoms with Gasteiger partial charge in [-0.25, -0.2) is 8.42 Å². The minimum Gasteiger partial charge on any atom is -0.311 e. The van der Waals surface area contributed by atoms with Crippen molar-refractivity contribution < 1.29 is 8.42 Å². The molecule has 3 rings (SSSR count). The first-order valence-electron chi connectivity index (χ1n) is 7.22. The van der Waals surface area contributed by atoms with Gasteiger partial charge in [-0.05, 0) is 53.4 Å². The minimum atomic E-state index is -3.50. The third kappa shape index (κ3) is 2.94. The lowest BCUT2D eigenvalue weighted by Gasteiger charge is -2.08. The van der Waals surface area contributed by atoms with Gasteiger partial charge in [-0.2, -0.15) is 5.26 Å². The number of nitriles is 1. The molecule has 0 N–H and O–H groups in total. The molecule has 0 aliphatic rings. The molecule has 0 unspecified atom stereocenters. The van der Waals surface area contributed by atoms with E-state index in [-0.39, 0.29) is 16.2 Å². The second kappa shape index (κ2) is 5.95. The number of aromatic nitrogens is 1.